The number of carbonyl (C=O) groups is 1. The highest BCUT2D eigenvalue weighted by molar-refractivity contribution is 7.87. The average Bonchev–Trinajstić information content (AvgIpc) is 2.53. The van der Waals surface area contributed by atoms with Gasteiger partial charge in [-0.2, -0.15) is 21.6 Å². The highest BCUT2D eigenvalue weighted by Gasteiger charge is 2.32. The molecule has 0 heterocycles. The van der Waals surface area contributed by atoms with Crippen molar-refractivity contribution in [3.63, 3.8) is 0 Å². The minimum absolute atomic E-state index is 0.166. The first-order valence-electron chi connectivity index (χ1n) is 6.64. The van der Waals surface area contributed by atoms with E-state index >= 15 is 0 Å². The monoisotopic (exact) mass is 375 g/mol. The van der Waals surface area contributed by atoms with Gasteiger partial charge in [0.2, 0.25) is 0 Å². The van der Waals surface area contributed by atoms with Crippen LogP contribution in [-0.2, 0) is 16.3 Å². The maximum atomic E-state index is 12.7. The van der Waals surface area contributed by atoms with Gasteiger partial charge < -0.3 is 14.7 Å². The van der Waals surface area contributed by atoms with Crippen LogP contribution >= 0.6 is 0 Å². The molecule has 0 spiro atoms. The lowest BCUT2D eigenvalue weighted by Crippen LogP contribution is -2.17. The van der Waals surface area contributed by atoms with E-state index in [0.717, 1.165) is 24.3 Å². The van der Waals surface area contributed by atoms with E-state index in [-0.39, 0.29) is 11.3 Å². The predicted octanol–water partition coefficient (Wildman–Crippen LogP) is 2.58. The number of carbonyl (C=O) groups excluding carboxylic acids is 1. The number of alkyl halides is 3. The van der Waals surface area contributed by atoms with Gasteiger partial charge in [-0.15, -0.1) is 0 Å². The number of halogens is 3. The van der Waals surface area contributed by atoms with Gasteiger partial charge in [-0.05, 0) is 30.3 Å². The van der Waals surface area contributed by atoms with Gasteiger partial charge in [-0.25, -0.2) is 0 Å². The van der Waals surface area contributed by atoms with Gasteiger partial charge in [0.25, 0.3) is 5.91 Å². The van der Waals surface area contributed by atoms with Crippen molar-refractivity contribution in [2.75, 3.05) is 7.11 Å². The maximum Gasteiger partial charge on any atom is 0.416 e. The van der Waals surface area contributed by atoms with Crippen molar-refractivity contribution < 1.29 is 35.3 Å². The average molecular weight is 375 g/mol. The third-order valence-electron chi connectivity index (χ3n) is 3.10. The quantitative estimate of drug-likeness (QED) is 0.811. The Labute approximate surface area is 141 Å². The summed E-state index contributed by atoms with van der Waals surface area (Å²) in [5.74, 6) is -1.26. The van der Waals surface area contributed by atoms with Crippen LogP contribution in [0.3, 0.4) is 0 Å². The molecule has 0 aliphatic rings. The number of benzene rings is 2. The molecule has 0 saturated carbocycles. The molecule has 2 aromatic rings. The molecule has 2 N–H and O–H groups in total. The first kappa shape index (κ1) is 18.6. The molecular weight excluding hydrogens is 363 g/mol. The summed E-state index contributed by atoms with van der Waals surface area (Å²) in [4.78, 5) is 10.7. The summed E-state index contributed by atoms with van der Waals surface area (Å²) >= 11 is 0. The molecular formula is C15H12F3NO5S. The maximum absolute atomic E-state index is 12.7. The van der Waals surface area contributed by atoms with Crippen molar-refractivity contribution in [2.24, 2.45) is 5.73 Å². The van der Waals surface area contributed by atoms with Crippen LogP contribution in [0.5, 0.6) is 11.5 Å². The number of nitrogens with two attached hydrogens (primary N) is 1. The molecule has 10 heteroatoms. The zero-order valence-corrected chi connectivity index (χ0v) is 13.5. The third-order valence-corrected chi connectivity index (χ3v) is 4.33. The number of ether oxygens (including phenoxy) is 1. The van der Waals surface area contributed by atoms with Crippen LogP contribution in [-0.4, -0.2) is 21.4 Å². The number of methoxy groups -OCH3 is 1. The van der Waals surface area contributed by atoms with Crippen molar-refractivity contribution in [3.05, 3.63) is 53.6 Å². The van der Waals surface area contributed by atoms with E-state index in [1.807, 2.05) is 0 Å². The lowest BCUT2D eigenvalue weighted by Gasteiger charge is -2.12. The molecule has 1 amide bonds. The minimum Gasteiger partial charge on any atom is -0.497 e. The first-order chi connectivity index (χ1) is 11.5. The van der Waals surface area contributed by atoms with Crippen LogP contribution in [0.1, 0.15) is 15.9 Å². The number of amides is 1. The molecule has 6 nitrogen and oxygen atoms in total. The number of primary amides is 1. The zero-order valence-electron chi connectivity index (χ0n) is 12.7. The van der Waals surface area contributed by atoms with Crippen molar-refractivity contribution >= 4 is 16.0 Å². The Morgan fingerprint density at radius 1 is 1.12 bits per heavy atom. The van der Waals surface area contributed by atoms with Gasteiger partial charge in [0.05, 0.1) is 18.2 Å². The summed E-state index contributed by atoms with van der Waals surface area (Å²) in [5.41, 5.74) is 3.72. The van der Waals surface area contributed by atoms with Gasteiger partial charge in [0.1, 0.15) is 10.6 Å². The minimum atomic E-state index is -4.72. The van der Waals surface area contributed by atoms with E-state index < -0.39 is 38.4 Å². The molecule has 0 fully saturated rings. The van der Waals surface area contributed by atoms with Crippen LogP contribution in [0, 0.1) is 0 Å². The Balaban J connectivity index is 2.48. The first-order valence-corrected chi connectivity index (χ1v) is 8.05. The van der Waals surface area contributed by atoms with Crippen molar-refractivity contribution in [1.82, 2.24) is 0 Å². The molecule has 2 aromatic carbocycles. The lowest BCUT2D eigenvalue weighted by molar-refractivity contribution is -0.137. The molecule has 25 heavy (non-hydrogen) atoms. The van der Waals surface area contributed by atoms with Crippen LogP contribution in [0.15, 0.2) is 47.4 Å². The Morgan fingerprint density at radius 2 is 1.80 bits per heavy atom. The molecule has 0 aliphatic carbocycles. The van der Waals surface area contributed by atoms with Gasteiger partial charge in [0.15, 0.2) is 5.75 Å². The van der Waals surface area contributed by atoms with Gasteiger partial charge in [-0.1, -0.05) is 6.07 Å². The van der Waals surface area contributed by atoms with Crippen molar-refractivity contribution in [1.29, 1.82) is 0 Å². The highest BCUT2D eigenvalue weighted by atomic mass is 32.2. The number of rotatable bonds is 5. The number of hydrogen-bond donors (Lipinski definition) is 1. The molecule has 0 aliphatic heterocycles. The molecule has 134 valence electrons. The summed E-state index contributed by atoms with van der Waals surface area (Å²) in [6, 6.07) is 6.64. The fourth-order valence-corrected chi connectivity index (χ4v) is 2.88. The summed E-state index contributed by atoms with van der Waals surface area (Å²) in [6.45, 7) is 0. The largest absolute Gasteiger partial charge is 0.497 e. The van der Waals surface area contributed by atoms with Crippen LogP contribution in [0.2, 0.25) is 0 Å². The zero-order chi connectivity index (χ0) is 18.8. The fourth-order valence-electron chi connectivity index (χ4n) is 1.90. The fraction of sp³-hybridized carbons (Fsp3) is 0.133. The molecule has 0 atom stereocenters. The highest BCUT2D eigenvalue weighted by Crippen LogP contribution is 2.32. The van der Waals surface area contributed by atoms with E-state index in [0.29, 0.717) is 6.07 Å². The topological polar surface area (TPSA) is 95.7 Å². The van der Waals surface area contributed by atoms with Crippen LogP contribution < -0.4 is 14.7 Å². The smallest absolute Gasteiger partial charge is 0.416 e. The molecule has 0 bridgehead atoms. The second-order valence-corrected chi connectivity index (χ2v) is 6.34. The van der Waals surface area contributed by atoms with E-state index in [2.05, 4.69) is 0 Å². The number of hydrogen-bond acceptors (Lipinski definition) is 5. The van der Waals surface area contributed by atoms with E-state index in [4.69, 9.17) is 14.7 Å². The second kappa shape index (κ2) is 6.63. The molecule has 0 aromatic heterocycles. The summed E-state index contributed by atoms with van der Waals surface area (Å²) in [5, 5.41) is 0. The van der Waals surface area contributed by atoms with E-state index in [1.54, 1.807) is 0 Å². The van der Waals surface area contributed by atoms with Crippen LogP contribution in [0.4, 0.5) is 13.2 Å². The molecule has 2 rings (SSSR count). The van der Waals surface area contributed by atoms with Crippen LogP contribution in [0.25, 0.3) is 0 Å². The third kappa shape index (κ3) is 4.21. The molecule has 0 saturated heterocycles. The van der Waals surface area contributed by atoms with Gasteiger partial charge >= 0.3 is 16.3 Å². The summed E-state index contributed by atoms with van der Waals surface area (Å²) < 4.78 is 72.5. The second-order valence-electron chi connectivity index (χ2n) is 4.79. The Hall–Kier alpha value is -2.75. The molecule has 0 radical (unpaired) electrons. The predicted molar refractivity (Wildman–Crippen MR) is 80.8 cm³/mol. The lowest BCUT2D eigenvalue weighted by atomic mass is 10.2. The van der Waals surface area contributed by atoms with E-state index in [9.17, 15) is 26.4 Å². The van der Waals surface area contributed by atoms with Crippen molar-refractivity contribution in [3.8, 4) is 11.5 Å². The summed E-state index contributed by atoms with van der Waals surface area (Å²) in [7, 11) is -3.34. The Kier molecular flexibility index (Phi) is 4.93. The van der Waals surface area contributed by atoms with Gasteiger partial charge in [0, 0.05) is 6.07 Å². The molecule has 0 unspecified atom stereocenters. The standard InChI is InChI=1S/C15H12F3NO5S/c1-23-10-5-6-12(14(19)20)13(8-10)24-25(21,22)11-4-2-3-9(7-11)15(16,17)18/h2-8H,1H3,(H2,19,20). The SMILES string of the molecule is COc1ccc(C(N)=O)c(OS(=O)(=O)c2cccc(C(F)(F)F)c2)c1. The normalized spacial score (nSPS) is 11.8. The summed E-state index contributed by atoms with van der Waals surface area (Å²) in [6.07, 6.45) is -4.72. The van der Waals surface area contributed by atoms with E-state index in [1.165, 1.54) is 19.2 Å². The Bertz CT molecular complexity index is 910. The van der Waals surface area contributed by atoms with Crippen molar-refractivity contribution in [2.45, 2.75) is 11.1 Å². The van der Waals surface area contributed by atoms with Gasteiger partial charge in [-0.3, -0.25) is 4.79 Å². The Morgan fingerprint density at radius 3 is 2.36 bits per heavy atom.